The predicted molar refractivity (Wildman–Crippen MR) is 174 cm³/mol. The van der Waals surface area contributed by atoms with E-state index in [9.17, 15) is 9.59 Å². The Balaban J connectivity index is 1.30. The molecule has 0 spiro atoms. The van der Waals surface area contributed by atoms with Gasteiger partial charge in [0.05, 0.1) is 6.04 Å². The second-order valence-corrected chi connectivity index (χ2v) is 12.4. The van der Waals surface area contributed by atoms with Gasteiger partial charge in [0.1, 0.15) is 0 Å². The maximum Gasteiger partial charge on any atom is 0.251 e. The molecule has 5 rings (SSSR count). The molecule has 2 amide bonds. The fourth-order valence-corrected chi connectivity index (χ4v) is 6.53. The fraction of sp³-hybridized carbons (Fsp3) is 0.459. The molecule has 0 saturated carbocycles. The van der Waals surface area contributed by atoms with E-state index in [4.69, 9.17) is 0 Å². The van der Waals surface area contributed by atoms with E-state index in [-0.39, 0.29) is 29.8 Å². The Morgan fingerprint density at radius 3 is 2.21 bits per heavy atom. The minimum absolute atomic E-state index is 0.0244. The van der Waals surface area contributed by atoms with Gasteiger partial charge >= 0.3 is 0 Å². The number of aryl methyl sites for hydroxylation is 2. The number of benzene rings is 3. The van der Waals surface area contributed by atoms with Gasteiger partial charge in [-0.2, -0.15) is 0 Å². The van der Waals surface area contributed by atoms with Gasteiger partial charge in [0.25, 0.3) is 5.91 Å². The number of carbonyl (C=O) groups excluding carboxylic acids is 2. The number of piperidine rings is 1. The Bertz CT molecular complexity index is 1280. The predicted octanol–water partition coefficient (Wildman–Crippen LogP) is 5.69. The summed E-state index contributed by atoms with van der Waals surface area (Å²) in [4.78, 5) is 31.8. The number of carbonyl (C=O) groups is 2. The van der Waals surface area contributed by atoms with Gasteiger partial charge in [-0.05, 0) is 100.0 Å². The van der Waals surface area contributed by atoms with Crippen LogP contribution >= 0.6 is 0 Å². The van der Waals surface area contributed by atoms with Gasteiger partial charge in [0.15, 0.2) is 0 Å². The first-order valence-corrected chi connectivity index (χ1v) is 16.2. The van der Waals surface area contributed by atoms with Crippen molar-refractivity contribution in [3.8, 4) is 0 Å². The third-order valence-corrected chi connectivity index (χ3v) is 9.29. The molecule has 0 aliphatic carbocycles. The molecule has 0 radical (unpaired) electrons. The zero-order chi connectivity index (χ0) is 30.0. The van der Waals surface area contributed by atoms with Crippen LogP contribution < -0.4 is 10.6 Å². The van der Waals surface area contributed by atoms with E-state index in [1.165, 1.54) is 49.0 Å². The molecule has 2 saturated heterocycles. The second-order valence-electron chi connectivity index (χ2n) is 12.4. The molecule has 228 valence electrons. The van der Waals surface area contributed by atoms with Crippen molar-refractivity contribution in [1.29, 1.82) is 0 Å². The van der Waals surface area contributed by atoms with Crippen LogP contribution in [-0.2, 0) is 4.79 Å². The smallest absolute Gasteiger partial charge is 0.251 e. The molecular weight excluding hydrogens is 532 g/mol. The normalized spacial score (nSPS) is 19.8. The summed E-state index contributed by atoms with van der Waals surface area (Å²) in [6, 6.07) is 26.7. The summed E-state index contributed by atoms with van der Waals surface area (Å²) in [7, 11) is 0. The molecule has 43 heavy (non-hydrogen) atoms. The molecule has 6 nitrogen and oxygen atoms in total. The molecule has 2 aliphatic heterocycles. The molecule has 0 unspecified atom stereocenters. The first-order valence-electron chi connectivity index (χ1n) is 16.2. The minimum Gasteiger partial charge on any atom is -0.350 e. The van der Waals surface area contributed by atoms with E-state index < -0.39 is 0 Å². The van der Waals surface area contributed by atoms with Crippen molar-refractivity contribution in [1.82, 2.24) is 20.4 Å². The van der Waals surface area contributed by atoms with Crippen LogP contribution in [0.5, 0.6) is 0 Å². The van der Waals surface area contributed by atoms with E-state index >= 15 is 0 Å². The van der Waals surface area contributed by atoms with Crippen molar-refractivity contribution >= 4 is 11.8 Å². The number of nitrogens with one attached hydrogen (secondary N) is 2. The Hall–Kier alpha value is -3.48. The second kappa shape index (κ2) is 15.3. The lowest BCUT2D eigenvalue weighted by atomic mass is 9.90. The van der Waals surface area contributed by atoms with Crippen LogP contribution in [0.4, 0.5) is 0 Å². The molecule has 2 aliphatic rings. The standard InChI is InChI=1S/C37H48N4O2/c1-28-18-19-32(25-29(28)2)36(42)38-26-33-20-24-41(37(43)35(39-33)17-12-23-40-21-10-5-11-22-40)27-34(30-13-6-3-7-14-30)31-15-8-4-9-16-31/h3-4,6-9,13-16,18-19,25,33-35,39H,5,10-12,17,20-24,26-27H2,1-2H3,(H,38,42)/t33-,35-/m0/s1. The van der Waals surface area contributed by atoms with Crippen molar-refractivity contribution in [2.45, 2.75) is 70.4 Å². The number of nitrogens with zero attached hydrogens (tertiary/aromatic N) is 2. The summed E-state index contributed by atoms with van der Waals surface area (Å²) in [5, 5.41) is 6.84. The third-order valence-electron chi connectivity index (χ3n) is 9.29. The lowest BCUT2D eigenvalue weighted by Gasteiger charge is -2.30. The van der Waals surface area contributed by atoms with Crippen molar-refractivity contribution < 1.29 is 9.59 Å². The monoisotopic (exact) mass is 580 g/mol. The van der Waals surface area contributed by atoms with Gasteiger partial charge in [-0.25, -0.2) is 0 Å². The van der Waals surface area contributed by atoms with E-state index in [1.807, 2.05) is 37.3 Å². The number of hydrogen-bond donors (Lipinski definition) is 2. The quantitative estimate of drug-likeness (QED) is 0.306. The average molecular weight is 581 g/mol. The number of rotatable bonds is 11. The van der Waals surface area contributed by atoms with Gasteiger partial charge in [0.2, 0.25) is 5.91 Å². The largest absolute Gasteiger partial charge is 0.350 e. The van der Waals surface area contributed by atoms with E-state index in [1.54, 1.807) is 0 Å². The van der Waals surface area contributed by atoms with E-state index in [2.05, 4.69) is 75.9 Å². The summed E-state index contributed by atoms with van der Waals surface area (Å²) in [5.74, 6) is 0.215. The average Bonchev–Trinajstić information content (AvgIpc) is 3.19. The Kier molecular flexibility index (Phi) is 11.0. The summed E-state index contributed by atoms with van der Waals surface area (Å²) in [6.07, 6.45) is 6.45. The molecule has 2 fully saturated rings. The van der Waals surface area contributed by atoms with Gasteiger partial charge in [-0.3, -0.25) is 9.59 Å². The van der Waals surface area contributed by atoms with Crippen molar-refractivity contribution in [3.63, 3.8) is 0 Å². The first-order chi connectivity index (χ1) is 21.0. The third kappa shape index (κ3) is 8.55. The van der Waals surface area contributed by atoms with Crippen LogP contribution in [0.15, 0.2) is 78.9 Å². The number of amides is 2. The SMILES string of the molecule is Cc1ccc(C(=O)NC[C@@H]2CCN(CC(c3ccccc3)c3ccccc3)C(=O)[C@H](CCCN3CCCCC3)N2)cc1C. The Morgan fingerprint density at radius 1 is 0.884 bits per heavy atom. The van der Waals surface area contributed by atoms with Crippen LogP contribution in [0.1, 0.15) is 77.1 Å². The van der Waals surface area contributed by atoms with Crippen molar-refractivity contribution in [3.05, 3.63) is 107 Å². The first kappa shape index (κ1) is 31.0. The highest BCUT2D eigenvalue weighted by molar-refractivity contribution is 5.94. The van der Waals surface area contributed by atoms with Crippen LogP contribution in [0.25, 0.3) is 0 Å². The molecule has 3 aromatic rings. The summed E-state index contributed by atoms with van der Waals surface area (Å²) >= 11 is 0. The van der Waals surface area contributed by atoms with E-state index in [0.717, 1.165) is 31.4 Å². The van der Waals surface area contributed by atoms with Crippen molar-refractivity contribution in [2.75, 3.05) is 39.3 Å². The van der Waals surface area contributed by atoms with Crippen LogP contribution in [0, 0.1) is 13.8 Å². The molecule has 6 heteroatoms. The lowest BCUT2D eigenvalue weighted by Crippen LogP contribution is -2.49. The lowest BCUT2D eigenvalue weighted by molar-refractivity contribution is -0.133. The van der Waals surface area contributed by atoms with E-state index in [0.29, 0.717) is 25.2 Å². The highest BCUT2D eigenvalue weighted by Crippen LogP contribution is 2.27. The fourth-order valence-electron chi connectivity index (χ4n) is 6.53. The van der Waals surface area contributed by atoms with Gasteiger partial charge in [0, 0.05) is 37.2 Å². The molecule has 2 heterocycles. The Labute approximate surface area is 257 Å². The zero-order valence-electron chi connectivity index (χ0n) is 25.9. The summed E-state index contributed by atoms with van der Waals surface area (Å²) < 4.78 is 0. The summed E-state index contributed by atoms with van der Waals surface area (Å²) in [6.45, 7) is 9.26. The van der Waals surface area contributed by atoms with Crippen molar-refractivity contribution in [2.24, 2.45) is 0 Å². The molecule has 3 aromatic carbocycles. The zero-order valence-corrected chi connectivity index (χ0v) is 25.9. The van der Waals surface area contributed by atoms with Gasteiger partial charge < -0.3 is 20.4 Å². The molecule has 0 bridgehead atoms. The molecule has 2 atom stereocenters. The van der Waals surface area contributed by atoms with Crippen LogP contribution in [-0.4, -0.2) is 73.0 Å². The highest BCUT2D eigenvalue weighted by Gasteiger charge is 2.32. The maximum absolute atomic E-state index is 14.2. The van der Waals surface area contributed by atoms with Crippen LogP contribution in [0.3, 0.4) is 0 Å². The maximum atomic E-state index is 14.2. The number of hydrogen-bond acceptors (Lipinski definition) is 4. The van der Waals surface area contributed by atoms with Gasteiger partial charge in [-0.1, -0.05) is 73.2 Å². The Morgan fingerprint density at radius 2 is 1.56 bits per heavy atom. The molecule has 2 N–H and O–H groups in total. The summed E-state index contributed by atoms with van der Waals surface area (Å²) in [5.41, 5.74) is 5.41. The highest BCUT2D eigenvalue weighted by atomic mass is 16.2. The van der Waals surface area contributed by atoms with Crippen LogP contribution in [0.2, 0.25) is 0 Å². The minimum atomic E-state index is -0.261. The number of likely N-dealkylation sites (tertiary alicyclic amines) is 1. The molecular formula is C37H48N4O2. The molecule has 0 aromatic heterocycles. The van der Waals surface area contributed by atoms with Gasteiger partial charge in [-0.15, -0.1) is 0 Å². The topological polar surface area (TPSA) is 64.7 Å².